The van der Waals surface area contributed by atoms with Crippen molar-refractivity contribution in [1.29, 1.82) is 0 Å². The first-order valence-electron chi connectivity index (χ1n) is 7.68. The first-order chi connectivity index (χ1) is 10.7. The van der Waals surface area contributed by atoms with Gasteiger partial charge in [0, 0.05) is 18.5 Å². The molecule has 1 aliphatic heterocycles. The highest BCUT2D eigenvalue weighted by atomic mass is 32.1. The van der Waals surface area contributed by atoms with Crippen LogP contribution in [0.2, 0.25) is 0 Å². The van der Waals surface area contributed by atoms with Crippen LogP contribution in [0.4, 0.5) is 11.6 Å². The highest BCUT2D eigenvalue weighted by Gasteiger charge is 2.38. The number of fused-ring (bicyclic) bond motifs is 1. The van der Waals surface area contributed by atoms with Gasteiger partial charge in [-0.05, 0) is 42.4 Å². The van der Waals surface area contributed by atoms with Gasteiger partial charge in [0.1, 0.15) is 6.20 Å². The Labute approximate surface area is 132 Å². The summed E-state index contributed by atoms with van der Waals surface area (Å²) >= 11 is 1.44. The molecule has 2 aromatic heterocycles. The van der Waals surface area contributed by atoms with Gasteiger partial charge in [0.15, 0.2) is 0 Å². The Balaban J connectivity index is 1.72. The maximum absolute atomic E-state index is 11.5. The van der Waals surface area contributed by atoms with Crippen molar-refractivity contribution in [3.8, 4) is 0 Å². The first-order valence-corrected chi connectivity index (χ1v) is 8.56. The molecule has 1 saturated heterocycles. The molecule has 3 heterocycles. The quantitative estimate of drug-likeness (QED) is 0.482. The molecule has 1 atom stereocenters. The standard InChI is InChI=1S/C15H18N4O2S/c20-19(21)13-12(16-14-18(13)9-10-22-14)17-8-4-7-15(11-17)5-2-1-3-6-15/h1-2,9-10H,3-8,11H2. The number of imidazole rings is 1. The molecular weight excluding hydrogens is 300 g/mol. The third-order valence-corrected chi connectivity index (χ3v) is 5.67. The van der Waals surface area contributed by atoms with Crippen LogP contribution in [0.5, 0.6) is 0 Å². The van der Waals surface area contributed by atoms with Gasteiger partial charge in [-0.3, -0.25) is 0 Å². The zero-order valence-electron chi connectivity index (χ0n) is 12.3. The molecule has 1 spiro atoms. The van der Waals surface area contributed by atoms with Crippen LogP contribution in [0.1, 0.15) is 32.1 Å². The number of nitro groups is 1. The Kier molecular flexibility index (Phi) is 3.18. The zero-order chi connectivity index (χ0) is 15.2. The summed E-state index contributed by atoms with van der Waals surface area (Å²) in [5, 5.41) is 13.4. The smallest absolute Gasteiger partial charge is 0.358 e. The Bertz CT molecular complexity index is 750. The molecule has 1 fully saturated rings. The van der Waals surface area contributed by atoms with Gasteiger partial charge >= 0.3 is 5.82 Å². The van der Waals surface area contributed by atoms with Crippen molar-refractivity contribution < 1.29 is 4.92 Å². The van der Waals surface area contributed by atoms with Crippen LogP contribution in [0, 0.1) is 15.5 Å². The highest BCUT2D eigenvalue weighted by molar-refractivity contribution is 7.15. The van der Waals surface area contributed by atoms with E-state index in [1.54, 1.807) is 10.6 Å². The summed E-state index contributed by atoms with van der Waals surface area (Å²) in [4.78, 5) is 18.6. The van der Waals surface area contributed by atoms with E-state index in [9.17, 15) is 10.1 Å². The van der Waals surface area contributed by atoms with Crippen LogP contribution in [-0.2, 0) is 0 Å². The van der Waals surface area contributed by atoms with Crippen molar-refractivity contribution in [2.75, 3.05) is 18.0 Å². The molecular formula is C15H18N4O2S. The number of nitrogens with zero attached hydrogens (tertiary/aromatic N) is 4. The van der Waals surface area contributed by atoms with Gasteiger partial charge in [-0.15, -0.1) is 0 Å². The summed E-state index contributed by atoms with van der Waals surface area (Å²) in [7, 11) is 0. The number of aromatic nitrogens is 2. The second-order valence-electron chi connectivity index (χ2n) is 6.31. The third-order valence-electron chi connectivity index (χ3n) is 4.91. The van der Waals surface area contributed by atoms with Crippen LogP contribution < -0.4 is 4.90 Å². The molecule has 1 unspecified atom stereocenters. The largest absolute Gasteiger partial charge is 0.373 e. The lowest BCUT2D eigenvalue weighted by Crippen LogP contribution is -2.44. The van der Waals surface area contributed by atoms with Gasteiger partial charge < -0.3 is 15.0 Å². The topological polar surface area (TPSA) is 63.7 Å². The van der Waals surface area contributed by atoms with Crippen molar-refractivity contribution in [3.63, 3.8) is 0 Å². The fourth-order valence-corrected chi connectivity index (χ4v) is 4.55. The molecule has 0 amide bonds. The molecule has 22 heavy (non-hydrogen) atoms. The van der Waals surface area contributed by atoms with Gasteiger partial charge in [0.05, 0.1) is 0 Å². The molecule has 2 aromatic rings. The van der Waals surface area contributed by atoms with E-state index in [2.05, 4.69) is 22.0 Å². The first kappa shape index (κ1) is 13.8. The predicted molar refractivity (Wildman–Crippen MR) is 86.6 cm³/mol. The molecule has 0 bridgehead atoms. The zero-order valence-corrected chi connectivity index (χ0v) is 13.1. The number of piperidine rings is 1. The molecule has 2 aliphatic rings. The van der Waals surface area contributed by atoms with Gasteiger partial charge in [-0.1, -0.05) is 23.5 Å². The van der Waals surface area contributed by atoms with E-state index in [0.29, 0.717) is 10.8 Å². The molecule has 0 saturated carbocycles. The van der Waals surface area contributed by atoms with E-state index >= 15 is 0 Å². The summed E-state index contributed by atoms with van der Waals surface area (Å²) in [6, 6.07) is 0. The second-order valence-corrected chi connectivity index (χ2v) is 7.18. The molecule has 7 heteroatoms. The maximum Gasteiger partial charge on any atom is 0.373 e. The lowest BCUT2D eigenvalue weighted by Gasteiger charge is -2.43. The van der Waals surface area contributed by atoms with E-state index in [1.807, 2.05) is 5.38 Å². The number of allylic oxidation sites excluding steroid dienone is 2. The molecule has 1 aliphatic carbocycles. The summed E-state index contributed by atoms with van der Waals surface area (Å²) in [6.07, 6.45) is 11.9. The monoisotopic (exact) mass is 318 g/mol. The molecule has 0 N–H and O–H groups in total. The van der Waals surface area contributed by atoms with Crippen LogP contribution in [-0.4, -0.2) is 27.4 Å². The number of hydrogen-bond donors (Lipinski definition) is 0. The van der Waals surface area contributed by atoms with Crippen LogP contribution >= 0.6 is 11.3 Å². The van der Waals surface area contributed by atoms with E-state index < -0.39 is 0 Å². The number of rotatable bonds is 2. The van der Waals surface area contributed by atoms with Crippen molar-refractivity contribution in [2.24, 2.45) is 5.41 Å². The fourth-order valence-electron chi connectivity index (χ4n) is 3.85. The fraction of sp³-hybridized carbons (Fsp3) is 0.533. The molecule has 116 valence electrons. The minimum Gasteiger partial charge on any atom is -0.358 e. The van der Waals surface area contributed by atoms with E-state index in [1.165, 1.54) is 24.2 Å². The maximum atomic E-state index is 11.5. The second kappa shape index (κ2) is 5.08. The molecule has 0 radical (unpaired) electrons. The van der Waals surface area contributed by atoms with Gasteiger partial charge in [0.2, 0.25) is 5.82 Å². The van der Waals surface area contributed by atoms with Crippen LogP contribution in [0.25, 0.3) is 4.96 Å². The third kappa shape index (κ3) is 2.11. The summed E-state index contributed by atoms with van der Waals surface area (Å²) in [5.74, 6) is 0.658. The minimum absolute atomic E-state index is 0.111. The average Bonchev–Trinajstić information content (AvgIpc) is 3.07. The summed E-state index contributed by atoms with van der Waals surface area (Å²) in [6.45, 7) is 1.74. The Hall–Kier alpha value is -1.89. The predicted octanol–water partition coefficient (Wildman–Crippen LogP) is 3.63. The average molecular weight is 318 g/mol. The van der Waals surface area contributed by atoms with Crippen LogP contribution in [0.3, 0.4) is 0 Å². The van der Waals surface area contributed by atoms with Gasteiger partial charge in [-0.2, -0.15) is 9.38 Å². The molecule has 6 nitrogen and oxygen atoms in total. The van der Waals surface area contributed by atoms with E-state index in [4.69, 9.17) is 0 Å². The minimum atomic E-state index is -0.301. The van der Waals surface area contributed by atoms with Crippen molar-refractivity contribution >= 4 is 27.9 Å². The molecule has 0 aromatic carbocycles. The summed E-state index contributed by atoms with van der Waals surface area (Å²) < 4.78 is 1.60. The van der Waals surface area contributed by atoms with Crippen molar-refractivity contribution in [2.45, 2.75) is 32.1 Å². The number of hydrogen-bond acceptors (Lipinski definition) is 5. The lowest BCUT2D eigenvalue weighted by atomic mass is 9.71. The normalized spacial score (nSPS) is 25.2. The highest BCUT2D eigenvalue weighted by Crippen LogP contribution is 2.43. The van der Waals surface area contributed by atoms with E-state index in [-0.39, 0.29) is 16.2 Å². The Morgan fingerprint density at radius 2 is 2.27 bits per heavy atom. The van der Waals surface area contributed by atoms with Crippen molar-refractivity contribution in [3.05, 3.63) is 33.8 Å². The lowest BCUT2D eigenvalue weighted by molar-refractivity contribution is -0.389. The number of thiazole rings is 1. The van der Waals surface area contributed by atoms with E-state index in [0.717, 1.165) is 32.4 Å². The Morgan fingerprint density at radius 1 is 1.36 bits per heavy atom. The summed E-state index contributed by atoms with van der Waals surface area (Å²) in [5.41, 5.74) is 0.276. The SMILES string of the molecule is O=[N+]([O-])c1c(N2CCCC3(CC=CCC3)C2)nc2sccn12. The van der Waals surface area contributed by atoms with Crippen molar-refractivity contribution in [1.82, 2.24) is 9.38 Å². The van der Waals surface area contributed by atoms with Crippen LogP contribution in [0.15, 0.2) is 23.7 Å². The molecule has 4 rings (SSSR count). The van der Waals surface area contributed by atoms with Gasteiger partial charge in [0.25, 0.3) is 4.96 Å². The number of anilines is 1. The Morgan fingerprint density at radius 3 is 3.05 bits per heavy atom. The van der Waals surface area contributed by atoms with Gasteiger partial charge in [-0.25, -0.2) is 0 Å².